The fourth-order valence-corrected chi connectivity index (χ4v) is 9.81. The van der Waals surface area contributed by atoms with Gasteiger partial charge in [-0.15, -0.1) is 0 Å². The number of hydrogen-bond donors (Lipinski definition) is 4. The van der Waals surface area contributed by atoms with Crippen molar-refractivity contribution < 1.29 is 32.4 Å². The third-order valence-electron chi connectivity index (χ3n) is 11.8. The van der Waals surface area contributed by atoms with Crippen LogP contribution in [0.3, 0.4) is 0 Å². The van der Waals surface area contributed by atoms with Gasteiger partial charge in [0.15, 0.2) is 0 Å². The molecule has 0 aromatic heterocycles. The van der Waals surface area contributed by atoms with E-state index in [0.29, 0.717) is 31.4 Å². The highest BCUT2D eigenvalue weighted by Gasteiger charge is 2.69. The summed E-state index contributed by atoms with van der Waals surface area (Å²) >= 11 is 0. The number of sulfonamides is 1. The van der Waals surface area contributed by atoms with Crippen molar-refractivity contribution >= 4 is 39.6 Å². The van der Waals surface area contributed by atoms with Gasteiger partial charge >= 0.3 is 6.03 Å². The second kappa shape index (κ2) is 14.1. The molecule has 4 aliphatic carbocycles. The molecular formula is C34H54N6O7S. The van der Waals surface area contributed by atoms with Gasteiger partial charge in [0.05, 0.1) is 17.3 Å². The summed E-state index contributed by atoms with van der Waals surface area (Å²) in [7, 11) is -1.97. The van der Waals surface area contributed by atoms with Crippen molar-refractivity contribution in [2.45, 2.75) is 121 Å². The number of nitrogens with one attached hydrogen (secondary N) is 3. The molecule has 0 spiro atoms. The van der Waals surface area contributed by atoms with Crippen molar-refractivity contribution in [3.63, 3.8) is 0 Å². The van der Waals surface area contributed by atoms with Gasteiger partial charge in [-0.25, -0.2) is 17.5 Å². The van der Waals surface area contributed by atoms with Crippen molar-refractivity contribution in [1.82, 2.24) is 25.2 Å². The second-order valence-electron chi connectivity index (χ2n) is 15.6. The van der Waals surface area contributed by atoms with Gasteiger partial charge in [0.2, 0.25) is 27.6 Å². The van der Waals surface area contributed by atoms with Gasteiger partial charge < -0.3 is 26.6 Å². The maximum Gasteiger partial charge on any atom is 0.315 e. The molecule has 6 atom stereocenters. The smallest absolute Gasteiger partial charge is 0.315 e. The highest BCUT2D eigenvalue weighted by Crippen LogP contribution is 2.65. The van der Waals surface area contributed by atoms with Gasteiger partial charge in [-0.3, -0.25) is 19.2 Å². The monoisotopic (exact) mass is 690 g/mol. The van der Waals surface area contributed by atoms with Crippen LogP contribution in [0, 0.1) is 29.1 Å². The molecule has 1 unspecified atom stereocenters. The van der Waals surface area contributed by atoms with Crippen molar-refractivity contribution in [2.75, 3.05) is 20.1 Å². The molecule has 0 radical (unpaired) electrons. The molecule has 48 heavy (non-hydrogen) atoms. The lowest BCUT2D eigenvalue weighted by Gasteiger charge is -2.37. The van der Waals surface area contributed by atoms with Gasteiger partial charge in [0.25, 0.3) is 5.91 Å². The molecule has 0 aromatic rings. The number of likely N-dealkylation sites (tertiary alicyclic amines) is 1. The lowest BCUT2D eigenvalue weighted by atomic mass is 9.80. The van der Waals surface area contributed by atoms with E-state index in [1.807, 2.05) is 0 Å². The zero-order valence-electron chi connectivity index (χ0n) is 28.8. The molecular weight excluding hydrogens is 636 g/mol. The molecule has 5 amide bonds. The van der Waals surface area contributed by atoms with Crippen molar-refractivity contribution in [3.05, 3.63) is 12.2 Å². The molecule has 5 N–H and O–H groups in total. The van der Waals surface area contributed by atoms with E-state index >= 15 is 0 Å². The maximum atomic E-state index is 14.5. The molecule has 268 valence electrons. The first-order valence-corrected chi connectivity index (χ1v) is 19.2. The van der Waals surface area contributed by atoms with Crippen LogP contribution < -0.4 is 21.7 Å². The fourth-order valence-electron chi connectivity index (χ4n) is 8.21. The first kappa shape index (κ1) is 36.3. The molecule has 13 nitrogen and oxygen atoms in total. The SMILES string of the molecule is C=C(C)[C@@H](CN(C)S(=O)(=O)C1CC1)NC(=O)N[C@H](C(=O)N1C[C@H]2[C@@H]([C@H]1C(=O)NC(CC1CCC1)C(=O)C(N)=O)C2(C)C)C1CCCCC1. The topological polar surface area (TPSA) is 188 Å². The molecule has 0 aromatic carbocycles. The summed E-state index contributed by atoms with van der Waals surface area (Å²) < 4.78 is 26.8. The van der Waals surface area contributed by atoms with E-state index in [1.165, 1.54) is 11.4 Å². The average molecular weight is 691 g/mol. The second-order valence-corrected chi connectivity index (χ2v) is 17.9. The molecule has 5 rings (SSSR count). The number of hydrogen-bond acceptors (Lipinski definition) is 7. The molecule has 14 heteroatoms. The normalized spacial score (nSPS) is 27.2. The summed E-state index contributed by atoms with van der Waals surface area (Å²) in [6.45, 7) is 10.2. The predicted molar refractivity (Wildman–Crippen MR) is 180 cm³/mol. The Morgan fingerprint density at radius 1 is 0.938 bits per heavy atom. The minimum absolute atomic E-state index is 0.0164. The number of rotatable bonds is 15. The Kier molecular flexibility index (Phi) is 10.6. The van der Waals surface area contributed by atoms with Crippen LogP contribution in [0.4, 0.5) is 4.79 Å². The van der Waals surface area contributed by atoms with Crippen LogP contribution >= 0.6 is 0 Å². The highest BCUT2D eigenvalue weighted by atomic mass is 32.2. The lowest BCUT2D eigenvalue weighted by molar-refractivity contribution is -0.144. The van der Waals surface area contributed by atoms with Gasteiger partial charge in [-0.1, -0.05) is 64.5 Å². The standard InChI is InChI=1S/C34H54N6O7S/c1-19(2)25(18-39(5)48(46,47)22-14-15-22)37-33(45)38-27(21-12-7-6-8-13-21)32(44)40-17-23-26(34(23,3)4)28(40)31(43)36-24(29(41)30(35)42)16-20-10-9-11-20/h20-28H,1,6-18H2,2-5H3,(H2,35,42)(H,36,43)(H2,37,38,45)/t23-,24?,25+,26-,27-,28-/m0/s1. The van der Waals surface area contributed by atoms with E-state index in [4.69, 9.17) is 5.73 Å². The molecule has 5 aliphatic rings. The van der Waals surface area contributed by atoms with E-state index < -0.39 is 57.8 Å². The third kappa shape index (κ3) is 7.59. The number of nitrogens with zero attached hydrogens (tertiary/aromatic N) is 2. The lowest BCUT2D eigenvalue weighted by Crippen LogP contribution is -2.61. The van der Waals surface area contributed by atoms with Gasteiger partial charge in [0, 0.05) is 20.1 Å². The predicted octanol–water partition coefficient (Wildman–Crippen LogP) is 1.82. The largest absolute Gasteiger partial charge is 0.363 e. The quantitative estimate of drug-likeness (QED) is 0.149. The highest BCUT2D eigenvalue weighted by molar-refractivity contribution is 7.90. The van der Waals surface area contributed by atoms with E-state index in [2.05, 4.69) is 36.4 Å². The Balaban J connectivity index is 1.33. The number of nitrogens with two attached hydrogens (primary N) is 1. The Morgan fingerprint density at radius 2 is 1.58 bits per heavy atom. The van der Waals surface area contributed by atoms with E-state index in [1.54, 1.807) is 11.8 Å². The number of amides is 5. The van der Waals surface area contributed by atoms with Crippen LogP contribution in [0.2, 0.25) is 0 Å². The molecule has 0 bridgehead atoms. The summed E-state index contributed by atoms with van der Waals surface area (Å²) in [6.07, 6.45) is 8.79. The van der Waals surface area contributed by atoms with Crippen LogP contribution in [0.1, 0.15) is 91.4 Å². The Labute approximate surface area is 284 Å². The van der Waals surface area contributed by atoms with Crippen molar-refractivity contribution in [3.8, 4) is 0 Å². The zero-order valence-corrected chi connectivity index (χ0v) is 29.6. The minimum Gasteiger partial charge on any atom is -0.363 e. The summed E-state index contributed by atoms with van der Waals surface area (Å²) in [4.78, 5) is 68.3. The van der Waals surface area contributed by atoms with Crippen LogP contribution in [0.15, 0.2) is 12.2 Å². The molecule has 1 aliphatic heterocycles. The number of ketones is 1. The Bertz CT molecular complexity index is 1420. The van der Waals surface area contributed by atoms with Crippen molar-refractivity contribution in [1.29, 1.82) is 0 Å². The molecule has 4 saturated carbocycles. The number of primary amides is 1. The maximum absolute atomic E-state index is 14.5. The van der Waals surface area contributed by atoms with E-state index in [0.717, 1.165) is 51.4 Å². The van der Waals surface area contributed by atoms with Gasteiger partial charge in [-0.05, 0) is 68.1 Å². The average Bonchev–Trinajstić information content (AvgIpc) is 3.90. The summed E-state index contributed by atoms with van der Waals surface area (Å²) in [5.41, 5.74) is 5.73. The minimum atomic E-state index is -3.47. The third-order valence-corrected chi connectivity index (χ3v) is 14.2. The summed E-state index contributed by atoms with van der Waals surface area (Å²) in [6, 6.07) is -4.10. The number of fused-ring (bicyclic) bond motifs is 1. The molecule has 1 heterocycles. The number of carbonyl (C=O) groups is 5. The number of Topliss-reactive ketones (excluding diaryl/α,β-unsaturated/α-hetero) is 1. The van der Waals surface area contributed by atoms with E-state index in [9.17, 15) is 32.4 Å². The number of carbonyl (C=O) groups excluding carboxylic acids is 5. The van der Waals surface area contributed by atoms with Gasteiger partial charge in [-0.2, -0.15) is 0 Å². The van der Waals surface area contributed by atoms with E-state index in [-0.39, 0.29) is 46.8 Å². The first-order valence-electron chi connectivity index (χ1n) is 17.7. The van der Waals surface area contributed by atoms with Gasteiger partial charge in [0.1, 0.15) is 12.1 Å². The van der Waals surface area contributed by atoms with Crippen LogP contribution in [-0.4, -0.2) is 96.7 Å². The number of urea groups is 1. The van der Waals surface area contributed by atoms with Crippen LogP contribution in [0.5, 0.6) is 0 Å². The molecule has 5 fully saturated rings. The summed E-state index contributed by atoms with van der Waals surface area (Å²) in [5, 5.41) is 8.20. The zero-order chi connectivity index (χ0) is 35.1. The van der Waals surface area contributed by atoms with Crippen molar-refractivity contribution in [2.24, 2.45) is 34.8 Å². The first-order chi connectivity index (χ1) is 22.5. The number of piperidine rings is 1. The summed E-state index contributed by atoms with van der Waals surface area (Å²) in [5.74, 6) is -2.74. The number of likely N-dealkylation sites (N-methyl/N-ethyl adjacent to an activating group) is 1. The fraction of sp³-hybridized carbons (Fsp3) is 0.794. The van der Waals surface area contributed by atoms with Crippen LogP contribution in [-0.2, 0) is 29.2 Å². The van der Waals surface area contributed by atoms with Crippen LogP contribution in [0.25, 0.3) is 0 Å². The Hall–Kier alpha value is -3.00. The Morgan fingerprint density at radius 3 is 2.12 bits per heavy atom. The molecule has 1 saturated heterocycles.